The summed E-state index contributed by atoms with van der Waals surface area (Å²) in [7, 11) is 0. The molecule has 0 aromatic carbocycles. The molecule has 0 radical (unpaired) electrons. The van der Waals surface area contributed by atoms with E-state index >= 15 is 0 Å². The number of nitrogens with one attached hydrogen (secondary N) is 1. The molecule has 0 aromatic heterocycles. The van der Waals surface area contributed by atoms with Gasteiger partial charge in [-0.1, -0.05) is 24.8 Å². The number of hydrogen-bond donors (Lipinski definition) is 1. The van der Waals surface area contributed by atoms with Crippen molar-refractivity contribution in [2.75, 3.05) is 13.2 Å². The second kappa shape index (κ2) is 4.12. The average Bonchev–Trinajstić information content (AvgIpc) is 1.93. The van der Waals surface area contributed by atoms with Crippen LogP contribution in [-0.4, -0.2) is 19.3 Å². The molecule has 0 amide bonds. The molecular formula is C10H15NO. The molecule has 1 aliphatic rings. The molecule has 0 aromatic rings. The van der Waals surface area contributed by atoms with Gasteiger partial charge in [-0.15, -0.1) is 0 Å². The maximum absolute atomic E-state index is 5.02. The van der Waals surface area contributed by atoms with Gasteiger partial charge < -0.3 is 10.1 Å². The van der Waals surface area contributed by atoms with Crippen LogP contribution in [0.2, 0.25) is 0 Å². The molecule has 1 heterocycles. The predicted molar refractivity (Wildman–Crippen MR) is 50.8 cm³/mol. The number of ether oxygens (including phenoxy) is 1. The highest BCUT2D eigenvalue weighted by Gasteiger charge is 2.16. The lowest BCUT2D eigenvalue weighted by molar-refractivity contribution is -0.000247. The van der Waals surface area contributed by atoms with E-state index in [1.165, 1.54) is 0 Å². The molecule has 12 heavy (non-hydrogen) atoms. The summed E-state index contributed by atoms with van der Waals surface area (Å²) >= 11 is 0. The molecule has 1 fully saturated rings. The van der Waals surface area contributed by atoms with Crippen LogP contribution < -0.4 is 5.32 Å². The Balaban J connectivity index is 2.23. The molecule has 0 bridgehead atoms. The van der Waals surface area contributed by atoms with Gasteiger partial charge in [-0.3, -0.25) is 0 Å². The summed E-state index contributed by atoms with van der Waals surface area (Å²) in [6.45, 7) is 11.2. The molecular weight excluding hydrogens is 150 g/mol. The molecule has 2 nitrogen and oxygen atoms in total. The van der Waals surface area contributed by atoms with Gasteiger partial charge in [-0.25, -0.2) is 0 Å². The molecule has 66 valence electrons. The number of allylic oxidation sites excluding steroid dienone is 3. The van der Waals surface area contributed by atoms with Gasteiger partial charge >= 0.3 is 0 Å². The highest BCUT2D eigenvalue weighted by molar-refractivity contribution is 5.22. The third-order valence-corrected chi connectivity index (χ3v) is 1.60. The minimum Gasteiger partial charge on any atom is -0.378 e. The van der Waals surface area contributed by atoms with Gasteiger partial charge in [-0.2, -0.15) is 0 Å². The summed E-state index contributed by atoms with van der Waals surface area (Å²) in [6.07, 6.45) is 3.87. The van der Waals surface area contributed by atoms with Crippen LogP contribution in [0.5, 0.6) is 0 Å². The minimum atomic E-state index is 0.451. The first-order valence-electron chi connectivity index (χ1n) is 4.05. The maximum Gasteiger partial charge on any atom is 0.0728 e. The van der Waals surface area contributed by atoms with E-state index in [1.54, 1.807) is 0 Å². The summed E-state index contributed by atoms with van der Waals surface area (Å²) in [4.78, 5) is 0. The minimum absolute atomic E-state index is 0.451. The Hall–Kier alpha value is -1.02. The lowest BCUT2D eigenvalue weighted by Gasteiger charge is -2.27. The van der Waals surface area contributed by atoms with Crippen molar-refractivity contribution in [2.45, 2.75) is 13.0 Å². The molecule has 1 saturated heterocycles. The Kier molecular flexibility index (Phi) is 3.11. The normalized spacial score (nSPS) is 17.4. The Morgan fingerprint density at radius 3 is 2.50 bits per heavy atom. The zero-order chi connectivity index (χ0) is 8.97. The molecule has 0 spiro atoms. The third kappa shape index (κ3) is 2.93. The summed E-state index contributed by atoms with van der Waals surface area (Å²) < 4.78 is 5.02. The van der Waals surface area contributed by atoms with Crippen LogP contribution >= 0.6 is 0 Å². The molecule has 1 aliphatic heterocycles. The van der Waals surface area contributed by atoms with Crippen LogP contribution in [0, 0.1) is 0 Å². The van der Waals surface area contributed by atoms with Crippen LogP contribution in [0.4, 0.5) is 0 Å². The summed E-state index contributed by atoms with van der Waals surface area (Å²) in [5, 5.41) is 3.22. The van der Waals surface area contributed by atoms with Gasteiger partial charge in [0.15, 0.2) is 0 Å². The van der Waals surface area contributed by atoms with Crippen molar-refractivity contribution in [1.29, 1.82) is 0 Å². The van der Waals surface area contributed by atoms with Crippen molar-refractivity contribution in [3.63, 3.8) is 0 Å². The molecule has 2 heteroatoms. The monoisotopic (exact) mass is 165 g/mol. The zero-order valence-corrected chi connectivity index (χ0v) is 7.47. The van der Waals surface area contributed by atoms with Crippen molar-refractivity contribution >= 4 is 0 Å². The Labute approximate surface area is 73.6 Å². The highest BCUT2D eigenvalue weighted by Crippen LogP contribution is 2.03. The zero-order valence-electron chi connectivity index (χ0n) is 7.47. The van der Waals surface area contributed by atoms with Crippen molar-refractivity contribution in [3.05, 3.63) is 36.6 Å². The standard InChI is InChI=1S/C10H15NO/c1-8(2)4-5-9(3)11-10-6-12-7-10/h4-5,10-11H,1,3,6-7H2,2H3/b5-4-. The first-order valence-corrected chi connectivity index (χ1v) is 4.05. The van der Waals surface area contributed by atoms with Crippen molar-refractivity contribution in [2.24, 2.45) is 0 Å². The second-order valence-corrected chi connectivity index (χ2v) is 3.08. The maximum atomic E-state index is 5.02. The van der Waals surface area contributed by atoms with Crippen LogP contribution in [0.3, 0.4) is 0 Å². The largest absolute Gasteiger partial charge is 0.378 e. The number of hydrogen-bond acceptors (Lipinski definition) is 2. The molecule has 1 rings (SSSR count). The Morgan fingerprint density at radius 2 is 2.08 bits per heavy atom. The first kappa shape index (κ1) is 9.07. The van der Waals surface area contributed by atoms with Gasteiger partial charge in [-0.05, 0) is 13.0 Å². The fourth-order valence-corrected chi connectivity index (χ4v) is 0.872. The molecule has 0 unspecified atom stereocenters. The Morgan fingerprint density at radius 1 is 1.42 bits per heavy atom. The first-order chi connectivity index (χ1) is 5.68. The highest BCUT2D eigenvalue weighted by atomic mass is 16.5. The fraction of sp³-hybridized carbons (Fsp3) is 0.400. The van der Waals surface area contributed by atoms with E-state index in [1.807, 2.05) is 19.1 Å². The fourth-order valence-electron chi connectivity index (χ4n) is 0.872. The third-order valence-electron chi connectivity index (χ3n) is 1.60. The van der Waals surface area contributed by atoms with Gasteiger partial charge in [0, 0.05) is 5.70 Å². The van der Waals surface area contributed by atoms with Crippen LogP contribution in [0.1, 0.15) is 6.92 Å². The molecule has 0 aliphatic carbocycles. The van der Waals surface area contributed by atoms with Gasteiger partial charge in [0.05, 0.1) is 19.3 Å². The van der Waals surface area contributed by atoms with Crippen molar-refractivity contribution in [1.82, 2.24) is 5.32 Å². The van der Waals surface area contributed by atoms with Crippen molar-refractivity contribution in [3.8, 4) is 0 Å². The smallest absolute Gasteiger partial charge is 0.0728 e. The second-order valence-electron chi connectivity index (χ2n) is 3.08. The van der Waals surface area contributed by atoms with E-state index in [-0.39, 0.29) is 0 Å². The van der Waals surface area contributed by atoms with E-state index < -0.39 is 0 Å². The topological polar surface area (TPSA) is 21.3 Å². The van der Waals surface area contributed by atoms with E-state index in [0.29, 0.717) is 6.04 Å². The average molecular weight is 165 g/mol. The van der Waals surface area contributed by atoms with Crippen LogP contribution in [0.25, 0.3) is 0 Å². The summed E-state index contributed by atoms with van der Waals surface area (Å²) in [5.41, 5.74) is 1.95. The predicted octanol–water partition coefficient (Wildman–Crippen LogP) is 1.62. The van der Waals surface area contributed by atoms with E-state index in [4.69, 9.17) is 4.74 Å². The summed E-state index contributed by atoms with van der Waals surface area (Å²) in [5.74, 6) is 0. The molecule has 0 atom stereocenters. The van der Waals surface area contributed by atoms with E-state index in [9.17, 15) is 0 Å². The molecule has 0 saturated carbocycles. The SMILES string of the molecule is C=C(C)/C=C\C(=C)NC1COC1. The Bertz CT molecular complexity index is 214. The summed E-state index contributed by atoms with van der Waals surface area (Å²) in [6, 6.07) is 0.451. The van der Waals surface area contributed by atoms with Gasteiger partial charge in [0.2, 0.25) is 0 Å². The van der Waals surface area contributed by atoms with Crippen LogP contribution in [-0.2, 0) is 4.74 Å². The van der Waals surface area contributed by atoms with Gasteiger partial charge in [0.1, 0.15) is 0 Å². The lowest BCUT2D eigenvalue weighted by Crippen LogP contribution is -2.44. The van der Waals surface area contributed by atoms with E-state index in [2.05, 4.69) is 18.5 Å². The molecule has 1 N–H and O–H groups in total. The van der Waals surface area contributed by atoms with E-state index in [0.717, 1.165) is 24.5 Å². The number of rotatable bonds is 4. The van der Waals surface area contributed by atoms with Gasteiger partial charge in [0.25, 0.3) is 0 Å². The quantitative estimate of drug-likeness (QED) is 0.639. The van der Waals surface area contributed by atoms with Crippen LogP contribution in [0.15, 0.2) is 36.6 Å². The lowest BCUT2D eigenvalue weighted by atomic mass is 10.2. The van der Waals surface area contributed by atoms with Crippen molar-refractivity contribution < 1.29 is 4.74 Å².